The van der Waals surface area contributed by atoms with Crippen molar-refractivity contribution in [3.05, 3.63) is 53.7 Å². The van der Waals surface area contributed by atoms with E-state index in [1.807, 2.05) is 19.9 Å². The monoisotopic (exact) mass is 618 g/mol. The van der Waals surface area contributed by atoms with E-state index in [-0.39, 0.29) is 26.2 Å². The van der Waals surface area contributed by atoms with E-state index < -0.39 is 15.9 Å². The molecule has 0 spiro atoms. The van der Waals surface area contributed by atoms with Gasteiger partial charge in [0.25, 0.3) is 15.9 Å². The van der Waals surface area contributed by atoms with E-state index in [2.05, 4.69) is 40.4 Å². The minimum Gasteiger partial charge on any atom is -0.475 e. The van der Waals surface area contributed by atoms with Crippen LogP contribution in [0.3, 0.4) is 0 Å². The molecule has 4 heterocycles. The van der Waals surface area contributed by atoms with Gasteiger partial charge in [0.1, 0.15) is 18.2 Å². The first-order chi connectivity index (χ1) is 20.4. The van der Waals surface area contributed by atoms with Crippen LogP contribution < -0.4 is 20.1 Å². The van der Waals surface area contributed by atoms with Crippen molar-refractivity contribution in [2.75, 3.05) is 50.2 Å². The van der Waals surface area contributed by atoms with Crippen LogP contribution in [0.4, 0.5) is 11.6 Å². The fourth-order valence-electron chi connectivity index (χ4n) is 5.19. The average Bonchev–Trinajstić information content (AvgIpc) is 3.23. The first kappa shape index (κ1) is 32.1. The van der Waals surface area contributed by atoms with Gasteiger partial charge in [-0.15, -0.1) is 0 Å². The maximum atomic E-state index is 13.5. The van der Waals surface area contributed by atoms with Crippen LogP contribution in [0.5, 0.6) is 5.88 Å². The maximum absolute atomic E-state index is 13.5. The summed E-state index contributed by atoms with van der Waals surface area (Å²) in [5.74, 6) is 0.368. The molecule has 1 saturated heterocycles. The lowest BCUT2D eigenvalue weighted by atomic mass is 9.97. The molecule has 0 aliphatic carbocycles. The fourth-order valence-corrected chi connectivity index (χ4v) is 6.13. The van der Waals surface area contributed by atoms with Crippen LogP contribution in [-0.4, -0.2) is 74.4 Å². The Morgan fingerprint density at radius 3 is 2.53 bits per heavy atom. The number of carbonyl (C=O) groups is 1. The Morgan fingerprint density at radius 1 is 1.09 bits per heavy atom. The molecular formula is C30H46N6O6S. The van der Waals surface area contributed by atoms with Crippen LogP contribution in [0.25, 0.3) is 11.3 Å². The van der Waals surface area contributed by atoms with Crippen molar-refractivity contribution in [2.24, 2.45) is 5.92 Å². The molecule has 0 aromatic carbocycles. The van der Waals surface area contributed by atoms with E-state index in [0.29, 0.717) is 62.9 Å². The zero-order valence-corrected chi connectivity index (χ0v) is 26.1. The van der Waals surface area contributed by atoms with Crippen molar-refractivity contribution in [3.8, 4) is 17.1 Å². The van der Waals surface area contributed by atoms with Crippen LogP contribution >= 0.6 is 0 Å². The second kappa shape index (κ2) is 13.7. The first-order valence-electron chi connectivity index (χ1n) is 14.3. The average molecular weight is 619 g/mol. The number of anilines is 2. The van der Waals surface area contributed by atoms with Crippen molar-refractivity contribution < 1.29 is 31.7 Å². The number of sulfonamides is 1. The Hall–Kier alpha value is -3.81. The van der Waals surface area contributed by atoms with Gasteiger partial charge in [-0.1, -0.05) is 13.0 Å². The summed E-state index contributed by atoms with van der Waals surface area (Å²) in [6, 6.07) is 11.1. The van der Waals surface area contributed by atoms with Gasteiger partial charge in [0, 0.05) is 40.3 Å². The summed E-state index contributed by atoms with van der Waals surface area (Å²) in [5.41, 5.74) is 7.54. The molecule has 0 unspecified atom stereocenters. The Kier molecular flexibility index (Phi) is 10.2. The van der Waals surface area contributed by atoms with Gasteiger partial charge in [-0.25, -0.2) is 19.7 Å². The Bertz CT molecular complexity index is 1560. The SMILES string of the molecule is CCOCCOCCOc1cc(-c2ccc(C(=O)NS(=O)(=O)c3cccc(N)n3)c(N3C[C@@H](C)CC3(C)C)n2)cc(C)n1.[HH].[HH].[HH]. The zero-order valence-electron chi connectivity index (χ0n) is 25.3. The van der Waals surface area contributed by atoms with Gasteiger partial charge >= 0.3 is 0 Å². The zero-order chi connectivity index (χ0) is 31.2. The molecule has 0 saturated carbocycles. The third-order valence-electron chi connectivity index (χ3n) is 6.98. The smallest absolute Gasteiger partial charge is 0.281 e. The van der Waals surface area contributed by atoms with Crippen LogP contribution in [0.1, 0.15) is 54.4 Å². The van der Waals surface area contributed by atoms with Crippen LogP contribution in [0.15, 0.2) is 47.5 Å². The molecule has 1 atom stereocenters. The van der Waals surface area contributed by atoms with Gasteiger partial charge in [0.05, 0.1) is 31.1 Å². The number of nitrogens with one attached hydrogen (secondary N) is 1. The molecule has 3 N–H and O–H groups in total. The van der Waals surface area contributed by atoms with Crippen LogP contribution in [-0.2, 0) is 19.5 Å². The van der Waals surface area contributed by atoms with Crippen molar-refractivity contribution in [1.29, 1.82) is 0 Å². The molecule has 238 valence electrons. The lowest BCUT2D eigenvalue weighted by molar-refractivity contribution is 0.0399. The summed E-state index contributed by atoms with van der Waals surface area (Å²) in [6.07, 6.45) is 0.879. The number of aryl methyl sites for hydroxylation is 1. The number of carbonyl (C=O) groups excluding carboxylic acids is 1. The second-order valence-electron chi connectivity index (χ2n) is 11.1. The largest absolute Gasteiger partial charge is 0.475 e. The van der Waals surface area contributed by atoms with E-state index in [0.717, 1.165) is 17.7 Å². The number of nitrogens with zero attached hydrogens (tertiary/aromatic N) is 4. The van der Waals surface area contributed by atoms with Crippen LogP contribution in [0.2, 0.25) is 0 Å². The Morgan fingerprint density at radius 2 is 1.84 bits per heavy atom. The summed E-state index contributed by atoms with van der Waals surface area (Å²) in [4.78, 5) is 28.8. The van der Waals surface area contributed by atoms with E-state index in [1.165, 1.54) is 18.2 Å². The maximum Gasteiger partial charge on any atom is 0.281 e. The van der Waals surface area contributed by atoms with E-state index in [1.54, 1.807) is 18.2 Å². The third kappa shape index (κ3) is 8.18. The van der Waals surface area contributed by atoms with E-state index in [4.69, 9.17) is 24.9 Å². The number of ether oxygens (including phenoxy) is 3. The summed E-state index contributed by atoms with van der Waals surface area (Å²) < 4.78 is 44.8. The molecule has 12 nitrogen and oxygen atoms in total. The summed E-state index contributed by atoms with van der Waals surface area (Å²) in [7, 11) is -4.28. The van der Waals surface area contributed by atoms with Crippen molar-refractivity contribution in [1.82, 2.24) is 19.7 Å². The summed E-state index contributed by atoms with van der Waals surface area (Å²) in [6.45, 7) is 13.1. The molecule has 1 fully saturated rings. The number of nitrogen functional groups attached to an aromatic ring is 1. The van der Waals surface area contributed by atoms with Gasteiger partial charge in [-0.2, -0.15) is 8.42 Å². The lowest BCUT2D eigenvalue weighted by Gasteiger charge is -2.34. The number of rotatable bonds is 13. The fraction of sp³-hybridized carbons (Fsp3) is 0.467. The van der Waals surface area contributed by atoms with Gasteiger partial charge in [-0.05, 0) is 70.4 Å². The van der Waals surface area contributed by atoms with Crippen molar-refractivity contribution in [2.45, 2.75) is 51.6 Å². The molecule has 0 bridgehead atoms. The van der Waals surface area contributed by atoms with Crippen molar-refractivity contribution >= 4 is 27.6 Å². The highest BCUT2D eigenvalue weighted by Crippen LogP contribution is 2.38. The number of aromatic nitrogens is 3. The number of pyridine rings is 3. The van der Waals surface area contributed by atoms with Gasteiger partial charge in [-0.3, -0.25) is 4.79 Å². The van der Waals surface area contributed by atoms with Gasteiger partial charge in [0.15, 0.2) is 5.03 Å². The second-order valence-corrected chi connectivity index (χ2v) is 12.8. The molecule has 0 radical (unpaired) electrons. The van der Waals surface area contributed by atoms with Gasteiger partial charge in [0.2, 0.25) is 5.88 Å². The lowest BCUT2D eigenvalue weighted by Crippen LogP contribution is -2.41. The molecular weight excluding hydrogens is 572 g/mol. The summed E-state index contributed by atoms with van der Waals surface area (Å²) >= 11 is 0. The normalized spacial score (nSPS) is 16.3. The van der Waals surface area contributed by atoms with Gasteiger partial charge < -0.3 is 24.8 Å². The number of nitrogens with two attached hydrogens (primary N) is 1. The minimum absolute atomic E-state index is 0. The molecule has 13 heteroatoms. The molecule has 1 aliphatic heterocycles. The predicted molar refractivity (Wildman–Crippen MR) is 170 cm³/mol. The minimum atomic E-state index is -4.28. The highest BCUT2D eigenvalue weighted by molar-refractivity contribution is 7.90. The molecule has 3 aromatic rings. The standard InChI is InChI=1S/C30H40N6O6S.3H2/c1-6-40-12-13-41-14-15-42-26-17-22(16-21(3)32-26)24-11-10-23(28(33-24)36-19-20(2)18-30(36,4)5)29(37)35-43(38,39)27-9-7-8-25(31)34-27;;;/h7-11,16-17,20H,6,12-15,18-19H2,1-5H3,(H2,31,34)(H,35,37);3*1H/t20-;;;/m0.../s1. The van der Waals surface area contributed by atoms with Crippen molar-refractivity contribution in [3.63, 3.8) is 0 Å². The number of amides is 1. The quantitative estimate of drug-likeness (QED) is 0.262. The van der Waals surface area contributed by atoms with E-state index in [9.17, 15) is 13.2 Å². The molecule has 3 aromatic heterocycles. The van der Waals surface area contributed by atoms with E-state index >= 15 is 0 Å². The highest BCUT2D eigenvalue weighted by Gasteiger charge is 2.39. The number of hydrogen-bond acceptors (Lipinski definition) is 11. The topological polar surface area (TPSA) is 159 Å². The molecule has 1 aliphatic rings. The van der Waals surface area contributed by atoms with Crippen LogP contribution in [0, 0.1) is 12.8 Å². The predicted octanol–water partition coefficient (Wildman–Crippen LogP) is 4.34. The number of hydrogen-bond donors (Lipinski definition) is 2. The molecule has 1 amide bonds. The summed E-state index contributed by atoms with van der Waals surface area (Å²) in [5, 5.41) is -0.346. The molecule has 43 heavy (non-hydrogen) atoms. The molecule has 4 rings (SSSR count). The first-order valence-corrected chi connectivity index (χ1v) is 15.7. The Labute approximate surface area is 257 Å². The highest BCUT2D eigenvalue weighted by atomic mass is 32.2. The Balaban J connectivity index is 0.00000353. The third-order valence-corrected chi connectivity index (χ3v) is 8.21.